The third-order valence-corrected chi connectivity index (χ3v) is 2.60. The van der Waals surface area contributed by atoms with Crippen molar-refractivity contribution in [3.05, 3.63) is 28.2 Å². The summed E-state index contributed by atoms with van der Waals surface area (Å²) in [6, 6.07) is 5.91. The van der Waals surface area contributed by atoms with Gasteiger partial charge in [-0.3, -0.25) is 0 Å². The van der Waals surface area contributed by atoms with Gasteiger partial charge in [0.2, 0.25) is 0 Å². The number of ether oxygens (including phenoxy) is 2. The maximum absolute atomic E-state index is 5.38. The average Bonchev–Trinajstić information content (AvgIpc) is 2.15. The highest BCUT2D eigenvalue weighted by molar-refractivity contribution is 9.10. The Bertz CT molecular complexity index is 276. The van der Waals surface area contributed by atoms with Gasteiger partial charge in [-0.15, -0.1) is 0 Å². The van der Waals surface area contributed by atoms with E-state index in [0.717, 1.165) is 21.1 Å². The van der Waals surface area contributed by atoms with Crippen molar-refractivity contribution in [2.24, 2.45) is 0 Å². The van der Waals surface area contributed by atoms with Crippen LogP contribution in [0.2, 0.25) is 0 Å². The summed E-state index contributed by atoms with van der Waals surface area (Å²) in [5, 5.41) is 0.777. The van der Waals surface area contributed by atoms with Gasteiger partial charge in [0.15, 0.2) is 6.79 Å². The molecule has 13 heavy (non-hydrogen) atoms. The molecule has 0 N–H and O–H groups in total. The summed E-state index contributed by atoms with van der Waals surface area (Å²) in [7, 11) is 1.60. The molecule has 0 heterocycles. The van der Waals surface area contributed by atoms with Gasteiger partial charge < -0.3 is 9.47 Å². The molecule has 1 rings (SSSR count). The Hall–Kier alpha value is -0.0600. The van der Waals surface area contributed by atoms with E-state index in [0.29, 0.717) is 0 Å². The molecule has 0 aliphatic heterocycles. The van der Waals surface area contributed by atoms with E-state index in [1.807, 2.05) is 18.2 Å². The zero-order chi connectivity index (χ0) is 9.68. The highest BCUT2D eigenvalue weighted by Crippen LogP contribution is 2.25. The van der Waals surface area contributed by atoms with E-state index in [2.05, 4.69) is 31.9 Å². The highest BCUT2D eigenvalue weighted by Gasteiger charge is 2.02. The normalized spacial score (nSPS) is 10.1. The Morgan fingerprint density at radius 2 is 2.15 bits per heavy atom. The van der Waals surface area contributed by atoms with Crippen molar-refractivity contribution in [3.63, 3.8) is 0 Å². The smallest absolute Gasteiger partial charge is 0.188 e. The number of hydrogen-bond acceptors (Lipinski definition) is 2. The van der Waals surface area contributed by atoms with Crippen molar-refractivity contribution in [1.82, 2.24) is 0 Å². The maximum atomic E-state index is 5.38. The molecule has 0 fully saturated rings. The van der Waals surface area contributed by atoms with E-state index in [1.165, 1.54) is 0 Å². The van der Waals surface area contributed by atoms with Gasteiger partial charge in [0.1, 0.15) is 5.75 Å². The molecule has 0 radical (unpaired) electrons. The number of benzene rings is 1. The Kier molecular flexibility index (Phi) is 4.77. The summed E-state index contributed by atoms with van der Waals surface area (Å²) in [6.45, 7) is 0.274. The van der Waals surface area contributed by atoms with E-state index in [1.54, 1.807) is 7.11 Å². The van der Waals surface area contributed by atoms with Crippen molar-refractivity contribution in [3.8, 4) is 5.75 Å². The Morgan fingerprint density at radius 1 is 1.38 bits per heavy atom. The fourth-order valence-electron chi connectivity index (χ4n) is 0.896. The summed E-state index contributed by atoms with van der Waals surface area (Å²) in [4.78, 5) is 0. The third-order valence-electron chi connectivity index (χ3n) is 1.51. The van der Waals surface area contributed by atoms with Crippen molar-refractivity contribution in [2.75, 3.05) is 13.9 Å². The number of rotatable bonds is 4. The lowest BCUT2D eigenvalue weighted by molar-refractivity contribution is 0.0505. The Labute approximate surface area is 94.5 Å². The fraction of sp³-hybridized carbons (Fsp3) is 0.333. The van der Waals surface area contributed by atoms with Gasteiger partial charge in [-0.2, -0.15) is 0 Å². The van der Waals surface area contributed by atoms with Crippen LogP contribution < -0.4 is 4.74 Å². The van der Waals surface area contributed by atoms with Crippen LogP contribution in [0.25, 0.3) is 0 Å². The highest BCUT2D eigenvalue weighted by atomic mass is 79.9. The molecule has 4 heteroatoms. The van der Waals surface area contributed by atoms with Crippen LogP contribution in [-0.2, 0) is 10.1 Å². The standard InChI is InChI=1S/C9H10Br2O2/c1-12-6-13-9-4-8(11)3-2-7(9)5-10/h2-4H,5-6H2,1H3. The molecule has 0 aliphatic carbocycles. The van der Waals surface area contributed by atoms with Gasteiger partial charge in [-0.25, -0.2) is 0 Å². The molecule has 0 amide bonds. The second-order valence-electron chi connectivity index (χ2n) is 2.44. The number of hydrogen-bond donors (Lipinski definition) is 0. The maximum Gasteiger partial charge on any atom is 0.188 e. The predicted octanol–water partition coefficient (Wildman–Crippen LogP) is 3.33. The molecular weight excluding hydrogens is 300 g/mol. The van der Waals surface area contributed by atoms with Crippen molar-refractivity contribution >= 4 is 31.9 Å². The topological polar surface area (TPSA) is 18.5 Å². The van der Waals surface area contributed by atoms with Crippen LogP contribution in [0.5, 0.6) is 5.75 Å². The quantitative estimate of drug-likeness (QED) is 0.627. The minimum absolute atomic E-state index is 0.274. The lowest BCUT2D eigenvalue weighted by atomic mass is 10.2. The molecule has 1 aromatic carbocycles. The molecule has 0 aromatic heterocycles. The predicted molar refractivity (Wildman–Crippen MR) is 59.3 cm³/mol. The molecule has 0 saturated heterocycles. The first-order chi connectivity index (χ1) is 6.27. The average molecular weight is 310 g/mol. The van der Waals surface area contributed by atoms with Gasteiger partial charge in [0, 0.05) is 22.5 Å². The van der Waals surface area contributed by atoms with Gasteiger partial charge in [-0.05, 0) is 12.1 Å². The first-order valence-corrected chi connectivity index (χ1v) is 5.65. The van der Waals surface area contributed by atoms with Gasteiger partial charge in [-0.1, -0.05) is 37.9 Å². The lowest BCUT2D eigenvalue weighted by Crippen LogP contribution is -2.00. The molecule has 0 spiro atoms. The van der Waals surface area contributed by atoms with Crippen LogP contribution in [0.1, 0.15) is 5.56 Å². The minimum Gasteiger partial charge on any atom is -0.467 e. The van der Waals surface area contributed by atoms with E-state index in [-0.39, 0.29) is 6.79 Å². The Morgan fingerprint density at radius 3 is 2.77 bits per heavy atom. The van der Waals surface area contributed by atoms with E-state index in [9.17, 15) is 0 Å². The van der Waals surface area contributed by atoms with Crippen molar-refractivity contribution < 1.29 is 9.47 Å². The van der Waals surface area contributed by atoms with Crippen LogP contribution >= 0.6 is 31.9 Å². The zero-order valence-electron chi connectivity index (χ0n) is 7.22. The number of methoxy groups -OCH3 is 1. The largest absolute Gasteiger partial charge is 0.467 e. The van der Waals surface area contributed by atoms with E-state index in [4.69, 9.17) is 9.47 Å². The van der Waals surface area contributed by atoms with Gasteiger partial charge in [0.25, 0.3) is 0 Å². The SMILES string of the molecule is COCOc1cc(Br)ccc1CBr. The summed E-state index contributed by atoms with van der Waals surface area (Å²) < 4.78 is 11.2. The van der Waals surface area contributed by atoms with Crippen LogP contribution in [0.4, 0.5) is 0 Å². The van der Waals surface area contributed by atoms with Crippen molar-refractivity contribution in [2.45, 2.75) is 5.33 Å². The summed E-state index contributed by atoms with van der Waals surface area (Å²) in [5.41, 5.74) is 1.11. The first-order valence-electron chi connectivity index (χ1n) is 3.74. The molecule has 0 atom stereocenters. The minimum atomic E-state index is 0.274. The molecule has 72 valence electrons. The van der Waals surface area contributed by atoms with Crippen molar-refractivity contribution in [1.29, 1.82) is 0 Å². The molecule has 1 aromatic rings. The van der Waals surface area contributed by atoms with Crippen LogP contribution in [-0.4, -0.2) is 13.9 Å². The molecule has 0 saturated carbocycles. The molecule has 0 aliphatic rings. The fourth-order valence-corrected chi connectivity index (χ4v) is 1.70. The number of alkyl halides is 1. The van der Waals surface area contributed by atoms with Crippen LogP contribution in [0.15, 0.2) is 22.7 Å². The zero-order valence-corrected chi connectivity index (χ0v) is 10.4. The van der Waals surface area contributed by atoms with Gasteiger partial charge in [0.05, 0.1) is 0 Å². The van der Waals surface area contributed by atoms with E-state index < -0.39 is 0 Å². The Balaban J connectivity index is 2.81. The molecule has 2 nitrogen and oxygen atoms in total. The second kappa shape index (κ2) is 5.62. The summed E-state index contributed by atoms with van der Waals surface area (Å²) in [5.74, 6) is 0.841. The monoisotopic (exact) mass is 308 g/mol. The summed E-state index contributed by atoms with van der Waals surface area (Å²) in [6.07, 6.45) is 0. The molecule has 0 bridgehead atoms. The van der Waals surface area contributed by atoms with Gasteiger partial charge >= 0.3 is 0 Å². The lowest BCUT2D eigenvalue weighted by Gasteiger charge is -2.08. The molecule has 0 unspecified atom stereocenters. The third kappa shape index (κ3) is 3.29. The van der Waals surface area contributed by atoms with Crippen LogP contribution in [0.3, 0.4) is 0 Å². The molecular formula is C9H10Br2O2. The second-order valence-corrected chi connectivity index (χ2v) is 3.91. The van der Waals surface area contributed by atoms with Crippen LogP contribution in [0, 0.1) is 0 Å². The van der Waals surface area contributed by atoms with E-state index >= 15 is 0 Å². The first kappa shape index (κ1) is 11.0. The summed E-state index contributed by atoms with van der Waals surface area (Å²) >= 11 is 6.77. The number of halogens is 2.